The molecular weight excluding hydrogens is 352 g/mol. The van der Waals surface area contributed by atoms with Crippen molar-refractivity contribution < 1.29 is 9.59 Å². The Hall–Kier alpha value is -1.92. The van der Waals surface area contributed by atoms with Gasteiger partial charge in [-0.05, 0) is 31.2 Å². The monoisotopic (exact) mass is 386 g/mol. The second-order valence-electron chi connectivity index (χ2n) is 8.45. The summed E-state index contributed by atoms with van der Waals surface area (Å²) < 4.78 is 0. The highest BCUT2D eigenvalue weighted by Gasteiger charge is 2.28. The maximum absolute atomic E-state index is 12.6. The van der Waals surface area contributed by atoms with Gasteiger partial charge in [0.1, 0.15) is 0 Å². The number of aryl methyl sites for hydroxylation is 1. The minimum atomic E-state index is -0.314. The van der Waals surface area contributed by atoms with Crippen molar-refractivity contribution in [2.24, 2.45) is 5.92 Å². The SMILES string of the molecule is CC(=O)NC(CC(=O)NC1CC(CC2CCCCC2)NN1)c1ccc(C)cc1. The highest BCUT2D eigenvalue weighted by molar-refractivity contribution is 5.79. The summed E-state index contributed by atoms with van der Waals surface area (Å²) in [4.78, 5) is 24.2. The number of hydrogen-bond acceptors (Lipinski definition) is 4. The first-order valence-electron chi connectivity index (χ1n) is 10.6. The van der Waals surface area contributed by atoms with Crippen molar-refractivity contribution in [1.29, 1.82) is 0 Å². The topological polar surface area (TPSA) is 82.3 Å². The average Bonchev–Trinajstić information content (AvgIpc) is 3.09. The highest BCUT2D eigenvalue weighted by atomic mass is 16.2. The van der Waals surface area contributed by atoms with Crippen LogP contribution in [0.1, 0.15) is 75.5 Å². The van der Waals surface area contributed by atoms with Crippen LogP contribution in [0, 0.1) is 12.8 Å². The number of nitrogens with one attached hydrogen (secondary N) is 4. The van der Waals surface area contributed by atoms with Gasteiger partial charge in [-0.1, -0.05) is 61.9 Å². The summed E-state index contributed by atoms with van der Waals surface area (Å²) in [6.45, 7) is 3.50. The van der Waals surface area contributed by atoms with Gasteiger partial charge in [0.25, 0.3) is 0 Å². The molecule has 1 aliphatic carbocycles. The first-order valence-corrected chi connectivity index (χ1v) is 10.6. The van der Waals surface area contributed by atoms with Crippen LogP contribution < -0.4 is 21.5 Å². The third kappa shape index (κ3) is 6.31. The number of amides is 2. The molecule has 3 rings (SSSR count). The van der Waals surface area contributed by atoms with Crippen LogP contribution in [0.3, 0.4) is 0 Å². The van der Waals surface area contributed by atoms with Gasteiger partial charge in [0.05, 0.1) is 18.6 Å². The van der Waals surface area contributed by atoms with E-state index in [1.54, 1.807) is 0 Å². The van der Waals surface area contributed by atoms with Gasteiger partial charge in [-0.25, -0.2) is 5.43 Å². The Bertz CT molecular complexity index is 655. The number of hydrogen-bond donors (Lipinski definition) is 4. The standard InChI is InChI=1S/C22H34N4O2/c1-15-8-10-18(11-9-15)20(23-16(2)27)14-22(28)24-21-13-19(25-26-21)12-17-6-4-3-5-7-17/h8-11,17,19-21,25-26H,3-7,12-14H2,1-2H3,(H,23,27)(H,24,28). The van der Waals surface area contributed by atoms with E-state index in [4.69, 9.17) is 0 Å². The number of hydrazine groups is 1. The molecule has 0 bridgehead atoms. The first kappa shape index (κ1) is 20.8. The van der Waals surface area contributed by atoms with Crippen LogP contribution >= 0.6 is 0 Å². The molecule has 0 spiro atoms. The second kappa shape index (κ2) is 10.0. The van der Waals surface area contributed by atoms with Crippen molar-refractivity contribution in [2.45, 2.75) is 83.5 Å². The molecule has 1 aliphatic heterocycles. The first-order chi connectivity index (χ1) is 13.5. The van der Waals surface area contributed by atoms with Crippen LogP contribution in [0.5, 0.6) is 0 Å². The fourth-order valence-corrected chi connectivity index (χ4v) is 4.43. The largest absolute Gasteiger partial charge is 0.349 e. The fourth-order valence-electron chi connectivity index (χ4n) is 4.43. The molecule has 1 heterocycles. The van der Waals surface area contributed by atoms with Gasteiger partial charge in [0.15, 0.2) is 0 Å². The third-order valence-corrected chi connectivity index (χ3v) is 5.91. The van der Waals surface area contributed by atoms with Crippen molar-refractivity contribution in [3.8, 4) is 0 Å². The molecule has 28 heavy (non-hydrogen) atoms. The van der Waals surface area contributed by atoms with E-state index in [2.05, 4.69) is 21.5 Å². The van der Waals surface area contributed by atoms with Crippen LogP contribution in [-0.4, -0.2) is 24.0 Å². The van der Waals surface area contributed by atoms with Crippen molar-refractivity contribution in [2.75, 3.05) is 0 Å². The molecule has 2 fully saturated rings. The smallest absolute Gasteiger partial charge is 0.223 e. The Kier molecular flexibility index (Phi) is 7.45. The number of carbonyl (C=O) groups is 2. The summed E-state index contributed by atoms with van der Waals surface area (Å²) in [5.41, 5.74) is 8.67. The Morgan fingerprint density at radius 1 is 1.11 bits per heavy atom. The maximum atomic E-state index is 12.6. The molecule has 2 aliphatic rings. The lowest BCUT2D eigenvalue weighted by molar-refractivity contribution is -0.123. The lowest BCUT2D eigenvalue weighted by atomic mass is 9.84. The molecule has 0 radical (unpaired) electrons. The van der Waals surface area contributed by atoms with Crippen LogP contribution in [0.2, 0.25) is 0 Å². The van der Waals surface area contributed by atoms with Gasteiger partial charge in [0, 0.05) is 13.0 Å². The molecule has 1 saturated carbocycles. The lowest BCUT2D eigenvalue weighted by Crippen LogP contribution is -2.45. The summed E-state index contributed by atoms with van der Waals surface area (Å²) in [5.74, 6) is 0.622. The molecule has 0 aromatic heterocycles. The predicted molar refractivity (Wildman–Crippen MR) is 110 cm³/mol. The molecule has 1 saturated heterocycles. The van der Waals surface area contributed by atoms with E-state index in [-0.39, 0.29) is 30.4 Å². The van der Waals surface area contributed by atoms with Gasteiger partial charge in [-0.3, -0.25) is 15.0 Å². The summed E-state index contributed by atoms with van der Waals surface area (Å²) in [7, 11) is 0. The minimum Gasteiger partial charge on any atom is -0.349 e. The Morgan fingerprint density at radius 2 is 1.82 bits per heavy atom. The summed E-state index contributed by atoms with van der Waals surface area (Å²) in [6, 6.07) is 8.04. The zero-order valence-electron chi connectivity index (χ0n) is 17.1. The van der Waals surface area contributed by atoms with Crippen LogP contribution in [0.15, 0.2) is 24.3 Å². The van der Waals surface area contributed by atoms with Gasteiger partial charge in [0.2, 0.25) is 11.8 Å². The molecular formula is C22H34N4O2. The molecule has 6 nitrogen and oxygen atoms in total. The van der Waals surface area contributed by atoms with Gasteiger partial charge < -0.3 is 10.6 Å². The molecule has 4 N–H and O–H groups in total. The normalized spacial score (nSPS) is 23.9. The molecule has 154 valence electrons. The quantitative estimate of drug-likeness (QED) is 0.581. The highest BCUT2D eigenvalue weighted by Crippen LogP contribution is 2.28. The second-order valence-corrected chi connectivity index (χ2v) is 8.45. The van der Waals surface area contributed by atoms with E-state index in [0.717, 1.165) is 23.5 Å². The number of benzene rings is 1. The van der Waals surface area contributed by atoms with Crippen molar-refractivity contribution in [3.63, 3.8) is 0 Å². The van der Waals surface area contributed by atoms with Gasteiger partial charge >= 0.3 is 0 Å². The number of carbonyl (C=O) groups excluding carboxylic acids is 2. The average molecular weight is 387 g/mol. The van der Waals surface area contributed by atoms with Crippen molar-refractivity contribution in [3.05, 3.63) is 35.4 Å². The molecule has 1 aromatic carbocycles. The fraction of sp³-hybridized carbons (Fsp3) is 0.636. The van der Waals surface area contributed by atoms with Gasteiger partial charge in [-0.2, -0.15) is 0 Å². The van der Waals surface area contributed by atoms with Crippen LogP contribution in [0.25, 0.3) is 0 Å². The maximum Gasteiger partial charge on any atom is 0.223 e. The van der Waals surface area contributed by atoms with E-state index in [1.165, 1.54) is 45.4 Å². The molecule has 2 amide bonds. The zero-order valence-corrected chi connectivity index (χ0v) is 17.1. The summed E-state index contributed by atoms with van der Waals surface area (Å²) in [5, 5.41) is 5.97. The van der Waals surface area contributed by atoms with Crippen molar-refractivity contribution >= 4 is 11.8 Å². The van der Waals surface area contributed by atoms with Crippen LogP contribution in [0.4, 0.5) is 0 Å². The lowest BCUT2D eigenvalue weighted by Gasteiger charge is -2.24. The number of rotatable bonds is 7. The van der Waals surface area contributed by atoms with Gasteiger partial charge in [-0.15, -0.1) is 0 Å². The molecule has 3 atom stereocenters. The summed E-state index contributed by atoms with van der Waals surface area (Å²) in [6.07, 6.45) is 9.01. The van der Waals surface area contributed by atoms with Crippen molar-refractivity contribution in [1.82, 2.24) is 21.5 Å². The van der Waals surface area contributed by atoms with E-state index < -0.39 is 0 Å². The zero-order chi connectivity index (χ0) is 19.9. The van der Waals surface area contributed by atoms with Crippen LogP contribution in [-0.2, 0) is 9.59 Å². The summed E-state index contributed by atoms with van der Waals surface area (Å²) >= 11 is 0. The Balaban J connectivity index is 1.48. The Labute approximate surface area is 168 Å². The van der Waals surface area contributed by atoms with E-state index in [1.807, 2.05) is 31.2 Å². The minimum absolute atomic E-state index is 0.0583. The van der Waals surface area contributed by atoms with E-state index in [9.17, 15) is 9.59 Å². The predicted octanol–water partition coefficient (Wildman–Crippen LogP) is 2.84. The molecule has 1 aromatic rings. The molecule has 3 unspecified atom stereocenters. The molecule has 6 heteroatoms. The third-order valence-electron chi connectivity index (χ3n) is 5.91. The van der Waals surface area contributed by atoms with E-state index in [0.29, 0.717) is 6.04 Å². The van der Waals surface area contributed by atoms with E-state index >= 15 is 0 Å². The Morgan fingerprint density at radius 3 is 2.50 bits per heavy atom.